The Morgan fingerprint density at radius 3 is 2.33 bits per heavy atom. The molecule has 2 heterocycles. The van der Waals surface area contributed by atoms with E-state index in [9.17, 15) is 14.4 Å². The van der Waals surface area contributed by atoms with Crippen LogP contribution in [0.4, 0.5) is 0 Å². The van der Waals surface area contributed by atoms with Crippen LogP contribution in [0.25, 0.3) is 10.9 Å². The summed E-state index contributed by atoms with van der Waals surface area (Å²) in [5.74, 6) is -1.76. The van der Waals surface area contributed by atoms with E-state index in [1.54, 1.807) is 4.90 Å². The number of methoxy groups -OCH3 is 3. The lowest BCUT2D eigenvalue weighted by Crippen LogP contribution is -2.62. The van der Waals surface area contributed by atoms with Gasteiger partial charge in [0, 0.05) is 23.9 Å². The normalized spacial score (nSPS) is 20.2. The second-order valence-corrected chi connectivity index (χ2v) is 7.99. The average molecular weight is 450 g/mol. The fraction of sp³-hybridized carbons (Fsp3) is 0.320. The third-order valence-electron chi connectivity index (χ3n) is 6.31. The van der Waals surface area contributed by atoms with Crippen LogP contribution < -0.4 is 0 Å². The van der Waals surface area contributed by atoms with E-state index in [0.717, 1.165) is 22.0 Å². The zero-order valence-electron chi connectivity index (χ0n) is 18.8. The molecule has 0 spiro atoms. The zero-order valence-corrected chi connectivity index (χ0v) is 18.8. The third-order valence-corrected chi connectivity index (χ3v) is 6.31. The average Bonchev–Trinajstić information content (AvgIpc) is 3.23. The molecule has 1 aromatic heterocycles. The molecule has 1 aliphatic heterocycles. The van der Waals surface area contributed by atoms with Crippen molar-refractivity contribution < 1.29 is 28.6 Å². The summed E-state index contributed by atoms with van der Waals surface area (Å²) in [4.78, 5) is 44.4. The van der Waals surface area contributed by atoms with Gasteiger partial charge in [-0.25, -0.2) is 4.79 Å². The number of H-pyrrole nitrogens is 1. The van der Waals surface area contributed by atoms with Gasteiger partial charge in [-0.1, -0.05) is 48.5 Å². The first-order valence-electron chi connectivity index (χ1n) is 10.6. The van der Waals surface area contributed by atoms with E-state index in [4.69, 9.17) is 14.2 Å². The van der Waals surface area contributed by atoms with Gasteiger partial charge in [0.25, 0.3) is 0 Å². The van der Waals surface area contributed by atoms with Crippen LogP contribution in [0, 0.1) is 0 Å². The molecule has 0 amide bonds. The molecule has 1 N–H and O–H groups in total. The summed E-state index contributed by atoms with van der Waals surface area (Å²) in [7, 11) is 3.85. The molecule has 2 atom stereocenters. The topological polar surface area (TPSA) is 97.9 Å². The minimum atomic E-state index is -1.62. The maximum atomic E-state index is 13.6. The predicted octanol–water partition coefficient (Wildman–Crippen LogP) is 2.70. The fourth-order valence-electron chi connectivity index (χ4n) is 4.78. The van der Waals surface area contributed by atoms with Crippen molar-refractivity contribution in [2.24, 2.45) is 0 Å². The van der Waals surface area contributed by atoms with E-state index in [0.29, 0.717) is 12.1 Å². The molecule has 1 aliphatic rings. The Hall–Kier alpha value is -3.65. The summed E-state index contributed by atoms with van der Waals surface area (Å²) in [5, 5.41) is 0.874. The highest BCUT2D eigenvalue weighted by Gasteiger charge is 2.58. The first-order valence-corrected chi connectivity index (χ1v) is 10.6. The van der Waals surface area contributed by atoms with Crippen LogP contribution in [0.1, 0.15) is 23.2 Å². The minimum absolute atomic E-state index is 0.210. The van der Waals surface area contributed by atoms with Crippen molar-refractivity contribution in [3.8, 4) is 0 Å². The van der Waals surface area contributed by atoms with E-state index in [2.05, 4.69) is 4.98 Å². The van der Waals surface area contributed by atoms with Crippen LogP contribution in [-0.4, -0.2) is 55.2 Å². The number of carbonyl (C=O) groups excluding carboxylic acids is 3. The Balaban J connectivity index is 2.02. The number of carbonyl (C=O) groups is 3. The van der Waals surface area contributed by atoms with Crippen LogP contribution in [0.2, 0.25) is 0 Å². The van der Waals surface area contributed by atoms with Crippen LogP contribution in [0.15, 0.2) is 54.6 Å². The van der Waals surface area contributed by atoms with Crippen molar-refractivity contribution in [1.29, 1.82) is 0 Å². The summed E-state index contributed by atoms with van der Waals surface area (Å²) >= 11 is 0. The second kappa shape index (κ2) is 9.07. The van der Waals surface area contributed by atoms with Crippen LogP contribution in [0.3, 0.4) is 0 Å². The van der Waals surface area contributed by atoms with Crippen molar-refractivity contribution in [3.05, 3.63) is 71.4 Å². The maximum Gasteiger partial charge on any atom is 0.333 e. The third kappa shape index (κ3) is 3.76. The number of hydrogen-bond donors (Lipinski definition) is 1. The molecule has 0 aliphatic carbocycles. The Labute approximate surface area is 191 Å². The van der Waals surface area contributed by atoms with E-state index < -0.39 is 29.5 Å². The van der Waals surface area contributed by atoms with Gasteiger partial charge in [0.15, 0.2) is 5.54 Å². The lowest BCUT2D eigenvalue weighted by atomic mass is 9.78. The van der Waals surface area contributed by atoms with Crippen LogP contribution >= 0.6 is 0 Å². The largest absolute Gasteiger partial charge is 0.469 e. The van der Waals surface area contributed by atoms with Gasteiger partial charge in [-0.15, -0.1) is 0 Å². The summed E-state index contributed by atoms with van der Waals surface area (Å²) in [6, 6.07) is 16.2. The quantitative estimate of drug-likeness (QED) is 0.455. The molecule has 33 heavy (non-hydrogen) atoms. The fourth-order valence-corrected chi connectivity index (χ4v) is 4.78. The number of fused-ring (bicyclic) bond motifs is 3. The summed E-state index contributed by atoms with van der Waals surface area (Å²) in [5.41, 5.74) is 1.34. The number of para-hydroxylation sites is 1. The van der Waals surface area contributed by atoms with Crippen LogP contribution in [0.5, 0.6) is 0 Å². The number of esters is 3. The van der Waals surface area contributed by atoms with Crippen molar-refractivity contribution in [1.82, 2.24) is 9.88 Å². The second-order valence-electron chi connectivity index (χ2n) is 7.99. The first-order chi connectivity index (χ1) is 16.0. The zero-order chi connectivity index (χ0) is 23.6. The molecule has 3 aromatic rings. The maximum absolute atomic E-state index is 13.6. The summed E-state index contributed by atoms with van der Waals surface area (Å²) in [6.45, 7) is 0.210. The predicted molar refractivity (Wildman–Crippen MR) is 120 cm³/mol. The van der Waals surface area contributed by atoms with Gasteiger partial charge in [0.2, 0.25) is 0 Å². The molecule has 0 radical (unpaired) electrons. The van der Waals surface area contributed by atoms with Gasteiger partial charge in [0.1, 0.15) is 6.04 Å². The number of aromatic nitrogens is 1. The molecule has 0 bridgehead atoms. The van der Waals surface area contributed by atoms with E-state index >= 15 is 0 Å². The highest BCUT2D eigenvalue weighted by atomic mass is 16.5. The van der Waals surface area contributed by atoms with Crippen LogP contribution in [-0.2, 0) is 47.1 Å². The van der Waals surface area contributed by atoms with Gasteiger partial charge in [-0.05, 0) is 17.2 Å². The molecule has 2 aromatic carbocycles. The van der Waals surface area contributed by atoms with Crippen molar-refractivity contribution in [2.75, 3.05) is 21.3 Å². The van der Waals surface area contributed by atoms with Crippen molar-refractivity contribution in [2.45, 2.75) is 31.0 Å². The molecule has 8 heteroatoms. The minimum Gasteiger partial charge on any atom is -0.469 e. The van der Waals surface area contributed by atoms with Gasteiger partial charge >= 0.3 is 17.9 Å². The molecule has 0 saturated carbocycles. The summed E-state index contributed by atoms with van der Waals surface area (Å²) in [6.07, 6.45) is -0.0326. The highest BCUT2D eigenvalue weighted by molar-refractivity contribution is 5.95. The molecule has 2 unspecified atom stereocenters. The smallest absolute Gasteiger partial charge is 0.333 e. The standard InChI is InChI=1S/C25H26N2O6/c1-31-21(28)14-25(24(30)33-3)22-18(17-11-7-8-12-19(17)26-22)13-20(23(29)32-2)27(25)15-16-9-5-4-6-10-16/h4-12,20,26H,13-15H2,1-3H3. The SMILES string of the molecule is COC(=O)CC1(C(=O)OC)c2[nH]c3ccccc3c2CC(C(=O)OC)N1Cc1ccccc1. The number of rotatable bonds is 6. The summed E-state index contributed by atoms with van der Waals surface area (Å²) < 4.78 is 15.4. The van der Waals surface area contributed by atoms with Crippen molar-refractivity contribution in [3.63, 3.8) is 0 Å². The molecule has 172 valence electrons. The number of ether oxygens (including phenoxy) is 3. The monoisotopic (exact) mass is 450 g/mol. The van der Waals surface area contributed by atoms with Crippen molar-refractivity contribution >= 4 is 28.8 Å². The van der Waals surface area contributed by atoms with Gasteiger partial charge < -0.3 is 19.2 Å². The number of hydrogen-bond acceptors (Lipinski definition) is 7. The molecular formula is C25H26N2O6. The Bertz CT molecular complexity index is 1190. The lowest BCUT2D eigenvalue weighted by Gasteiger charge is -2.47. The molecule has 4 rings (SSSR count). The van der Waals surface area contributed by atoms with E-state index in [1.165, 1.54) is 21.3 Å². The highest BCUT2D eigenvalue weighted by Crippen LogP contribution is 2.45. The number of benzene rings is 2. The van der Waals surface area contributed by atoms with Gasteiger partial charge in [-0.3, -0.25) is 14.5 Å². The Kier molecular flexibility index (Phi) is 6.20. The number of nitrogens with zero attached hydrogens (tertiary/aromatic N) is 1. The molecule has 8 nitrogen and oxygen atoms in total. The van der Waals surface area contributed by atoms with Gasteiger partial charge in [0.05, 0.1) is 33.4 Å². The Morgan fingerprint density at radius 2 is 1.67 bits per heavy atom. The molecule has 0 fully saturated rings. The molecule has 0 saturated heterocycles. The Morgan fingerprint density at radius 1 is 0.970 bits per heavy atom. The number of aromatic amines is 1. The number of nitrogens with one attached hydrogen (secondary N) is 1. The van der Waals surface area contributed by atoms with Gasteiger partial charge in [-0.2, -0.15) is 0 Å². The lowest BCUT2D eigenvalue weighted by molar-refractivity contribution is -0.173. The molecular weight excluding hydrogens is 424 g/mol. The first kappa shape index (κ1) is 22.5. The van der Waals surface area contributed by atoms with E-state index in [-0.39, 0.29) is 13.0 Å². The van der Waals surface area contributed by atoms with E-state index in [1.807, 2.05) is 54.6 Å².